The van der Waals surface area contributed by atoms with Crippen molar-refractivity contribution in [3.05, 3.63) is 71.0 Å². The number of unbranched alkanes of at least 4 members (excludes halogenated alkanes) is 1. The molecule has 0 saturated carbocycles. The van der Waals surface area contributed by atoms with Crippen LogP contribution in [-0.2, 0) is 21.6 Å². The number of amides is 3. The van der Waals surface area contributed by atoms with Crippen molar-refractivity contribution in [2.24, 2.45) is 0 Å². The Morgan fingerprint density at radius 1 is 1.17 bits per heavy atom. The molecule has 1 aliphatic rings. The van der Waals surface area contributed by atoms with Crippen molar-refractivity contribution >= 4 is 17.9 Å². The molecule has 6 nitrogen and oxygen atoms in total. The van der Waals surface area contributed by atoms with Crippen LogP contribution in [0, 0.1) is 5.82 Å². The molecule has 0 radical (unpaired) electrons. The van der Waals surface area contributed by atoms with Gasteiger partial charge in [-0.2, -0.15) is 0 Å². The second-order valence-corrected chi connectivity index (χ2v) is 7.03. The third kappa shape index (κ3) is 3.99. The van der Waals surface area contributed by atoms with E-state index in [1.807, 2.05) is 6.92 Å². The number of carbonyl (C=O) groups excluding carboxylic acids is 3. The van der Waals surface area contributed by atoms with Gasteiger partial charge in [0.1, 0.15) is 11.4 Å². The molecule has 1 N–H and O–H groups in total. The van der Waals surface area contributed by atoms with Gasteiger partial charge < -0.3 is 10.1 Å². The molecule has 1 atom stereocenters. The first-order valence-corrected chi connectivity index (χ1v) is 9.48. The van der Waals surface area contributed by atoms with E-state index in [1.165, 1.54) is 31.4 Å². The predicted octanol–water partition coefficient (Wildman–Crippen LogP) is 3.75. The van der Waals surface area contributed by atoms with Gasteiger partial charge in [-0.1, -0.05) is 44.0 Å². The zero-order valence-corrected chi connectivity index (χ0v) is 16.4. The highest BCUT2D eigenvalue weighted by atomic mass is 19.1. The Balaban J connectivity index is 1.92. The highest BCUT2D eigenvalue weighted by Crippen LogP contribution is 2.35. The summed E-state index contributed by atoms with van der Waals surface area (Å²) in [5.41, 5.74) is 0.298. The van der Waals surface area contributed by atoms with E-state index in [0.717, 1.165) is 17.7 Å². The minimum Gasteiger partial charge on any atom is -0.465 e. The van der Waals surface area contributed by atoms with Gasteiger partial charge in [-0.05, 0) is 41.8 Å². The van der Waals surface area contributed by atoms with Gasteiger partial charge in [0.15, 0.2) is 0 Å². The number of nitrogens with one attached hydrogen (secondary N) is 1. The zero-order valence-electron chi connectivity index (χ0n) is 16.4. The van der Waals surface area contributed by atoms with E-state index in [4.69, 9.17) is 4.74 Å². The summed E-state index contributed by atoms with van der Waals surface area (Å²) in [6.45, 7) is 2.01. The van der Waals surface area contributed by atoms with E-state index in [9.17, 15) is 18.8 Å². The first-order chi connectivity index (χ1) is 13.9. The molecule has 3 rings (SSSR count). The summed E-state index contributed by atoms with van der Waals surface area (Å²) in [6.07, 6.45) is 1.97. The Kier molecular flexibility index (Phi) is 5.96. The van der Waals surface area contributed by atoms with Crippen LogP contribution in [0.1, 0.15) is 47.7 Å². The SMILES string of the molecule is CCCC[C@@]1(c2ccc(F)cc2)NC(=O)N(Cc2cccc(C(=O)OC)c2)C1=O. The van der Waals surface area contributed by atoms with Crippen LogP contribution in [0.25, 0.3) is 0 Å². The van der Waals surface area contributed by atoms with Crippen molar-refractivity contribution in [3.8, 4) is 0 Å². The molecule has 0 bridgehead atoms. The second-order valence-electron chi connectivity index (χ2n) is 7.03. The molecule has 0 aromatic heterocycles. The maximum atomic E-state index is 13.4. The Morgan fingerprint density at radius 3 is 2.55 bits per heavy atom. The average Bonchev–Trinajstić information content (AvgIpc) is 2.97. The Hall–Kier alpha value is -3.22. The Labute approximate surface area is 168 Å². The van der Waals surface area contributed by atoms with Crippen LogP contribution in [0.2, 0.25) is 0 Å². The highest BCUT2D eigenvalue weighted by Gasteiger charge is 2.51. The summed E-state index contributed by atoms with van der Waals surface area (Å²) in [6, 6.07) is 11.7. The van der Waals surface area contributed by atoms with Gasteiger partial charge in [-0.15, -0.1) is 0 Å². The standard InChI is InChI=1S/C22H23FN2O4/c1-3-4-12-22(17-8-10-18(23)11-9-17)20(27)25(21(28)24-22)14-15-6-5-7-16(13-15)19(26)29-2/h5-11,13H,3-4,12,14H2,1-2H3,(H,24,28)/t22-/m0/s1. The maximum absolute atomic E-state index is 13.4. The van der Waals surface area contributed by atoms with E-state index in [-0.39, 0.29) is 12.5 Å². The first-order valence-electron chi connectivity index (χ1n) is 9.48. The number of carbonyl (C=O) groups is 3. The number of rotatable bonds is 7. The third-order valence-electron chi connectivity index (χ3n) is 5.11. The molecule has 3 amide bonds. The molecule has 7 heteroatoms. The first kappa shape index (κ1) is 20.5. The molecule has 1 aliphatic heterocycles. The fraction of sp³-hybridized carbons (Fsp3) is 0.318. The number of halogens is 1. The van der Waals surface area contributed by atoms with Gasteiger partial charge in [0, 0.05) is 0 Å². The summed E-state index contributed by atoms with van der Waals surface area (Å²) >= 11 is 0. The molecule has 152 valence electrons. The molecular formula is C22H23FN2O4. The summed E-state index contributed by atoms with van der Waals surface area (Å²) < 4.78 is 18.1. The molecule has 0 spiro atoms. The monoisotopic (exact) mass is 398 g/mol. The van der Waals surface area contributed by atoms with Crippen LogP contribution in [0.5, 0.6) is 0 Å². The predicted molar refractivity (Wildman–Crippen MR) is 104 cm³/mol. The van der Waals surface area contributed by atoms with Gasteiger partial charge >= 0.3 is 12.0 Å². The number of benzene rings is 2. The van der Waals surface area contributed by atoms with Crippen LogP contribution in [-0.4, -0.2) is 29.9 Å². The molecule has 0 aliphatic carbocycles. The fourth-order valence-corrected chi connectivity index (χ4v) is 3.55. The summed E-state index contributed by atoms with van der Waals surface area (Å²) in [5, 5.41) is 2.83. The zero-order chi connectivity index (χ0) is 21.0. The van der Waals surface area contributed by atoms with Crippen molar-refractivity contribution in [1.29, 1.82) is 0 Å². The van der Waals surface area contributed by atoms with E-state index < -0.39 is 23.4 Å². The quantitative estimate of drug-likeness (QED) is 0.569. The number of esters is 1. The van der Waals surface area contributed by atoms with Crippen LogP contribution < -0.4 is 5.32 Å². The minimum absolute atomic E-state index is 0.0184. The van der Waals surface area contributed by atoms with Crippen molar-refractivity contribution < 1.29 is 23.5 Å². The molecule has 0 unspecified atom stereocenters. The maximum Gasteiger partial charge on any atom is 0.337 e. The lowest BCUT2D eigenvalue weighted by molar-refractivity contribution is -0.132. The lowest BCUT2D eigenvalue weighted by Crippen LogP contribution is -2.44. The minimum atomic E-state index is -1.22. The van der Waals surface area contributed by atoms with E-state index in [0.29, 0.717) is 23.1 Å². The largest absolute Gasteiger partial charge is 0.465 e. The topological polar surface area (TPSA) is 75.7 Å². The molecule has 2 aromatic carbocycles. The number of ether oxygens (including phenoxy) is 1. The van der Waals surface area contributed by atoms with Crippen LogP contribution >= 0.6 is 0 Å². The molecule has 1 heterocycles. The van der Waals surface area contributed by atoms with Gasteiger partial charge in [-0.3, -0.25) is 9.69 Å². The summed E-state index contributed by atoms with van der Waals surface area (Å²) in [5.74, 6) is -1.29. The van der Waals surface area contributed by atoms with Crippen LogP contribution in [0.3, 0.4) is 0 Å². The van der Waals surface area contributed by atoms with Crippen molar-refractivity contribution in [1.82, 2.24) is 10.2 Å². The highest BCUT2D eigenvalue weighted by molar-refractivity contribution is 6.07. The van der Waals surface area contributed by atoms with Crippen LogP contribution in [0.4, 0.5) is 9.18 Å². The average molecular weight is 398 g/mol. The van der Waals surface area contributed by atoms with E-state index in [1.54, 1.807) is 24.3 Å². The Bertz CT molecular complexity index is 929. The molecule has 1 saturated heterocycles. The number of methoxy groups -OCH3 is 1. The van der Waals surface area contributed by atoms with Crippen molar-refractivity contribution in [2.45, 2.75) is 38.3 Å². The lowest BCUT2D eigenvalue weighted by Gasteiger charge is -2.27. The summed E-state index contributed by atoms with van der Waals surface area (Å²) in [4.78, 5) is 39.0. The van der Waals surface area contributed by atoms with E-state index >= 15 is 0 Å². The fourth-order valence-electron chi connectivity index (χ4n) is 3.55. The van der Waals surface area contributed by atoms with Gasteiger partial charge in [0.05, 0.1) is 19.2 Å². The second kappa shape index (κ2) is 8.43. The number of imide groups is 1. The number of hydrogen-bond acceptors (Lipinski definition) is 4. The number of hydrogen-bond donors (Lipinski definition) is 1. The van der Waals surface area contributed by atoms with Gasteiger partial charge in [-0.25, -0.2) is 14.0 Å². The smallest absolute Gasteiger partial charge is 0.337 e. The lowest BCUT2D eigenvalue weighted by atomic mass is 9.84. The summed E-state index contributed by atoms with van der Waals surface area (Å²) in [7, 11) is 1.29. The molecule has 1 fully saturated rings. The molecular weight excluding hydrogens is 375 g/mol. The normalized spacial score (nSPS) is 18.7. The Morgan fingerprint density at radius 2 is 1.90 bits per heavy atom. The van der Waals surface area contributed by atoms with Gasteiger partial charge in [0.25, 0.3) is 5.91 Å². The number of nitrogens with zero attached hydrogens (tertiary/aromatic N) is 1. The van der Waals surface area contributed by atoms with Crippen LogP contribution in [0.15, 0.2) is 48.5 Å². The van der Waals surface area contributed by atoms with Gasteiger partial charge in [0.2, 0.25) is 0 Å². The third-order valence-corrected chi connectivity index (χ3v) is 5.11. The van der Waals surface area contributed by atoms with E-state index in [2.05, 4.69) is 5.32 Å². The van der Waals surface area contributed by atoms with Crippen molar-refractivity contribution in [2.75, 3.05) is 7.11 Å². The molecule has 2 aromatic rings. The van der Waals surface area contributed by atoms with Crippen molar-refractivity contribution in [3.63, 3.8) is 0 Å². The molecule has 29 heavy (non-hydrogen) atoms. The number of urea groups is 1.